The van der Waals surface area contributed by atoms with Crippen LogP contribution in [-0.2, 0) is 14.8 Å². The molecule has 1 N–H and O–H groups in total. The van der Waals surface area contributed by atoms with Crippen LogP contribution in [0.3, 0.4) is 0 Å². The second kappa shape index (κ2) is 9.91. The third-order valence-electron chi connectivity index (χ3n) is 5.04. The molecule has 0 spiro atoms. The minimum Gasteiger partial charge on any atom is -0.354 e. The Hall–Kier alpha value is -1.35. The van der Waals surface area contributed by atoms with Gasteiger partial charge in [0.1, 0.15) is 6.04 Å². The molecule has 1 heterocycles. The number of hydrogen-bond acceptors (Lipinski definition) is 5. The number of rotatable bonds is 8. The molecule has 1 saturated heterocycles. The van der Waals surface area contributed by atoms with Gasteiger partial charge in [0.2, 0.25) is 15.9 Å². The molecule has 1 atom stereocenters. The largest absolute Gasteiger partial charge is 0.354 e. The van der Waals surface area contributed by atoms with E-state index in [9.17, 15) is 13.2 Å². The van der Waals surface area contributed by atoms with Crippen molar-refractivity contribution in [3.05, 3.63) is 28.8 Å². The number of carbonyl (C=O) groups is 1. The third kappa shape index (κ3) is 6.34. The molecule has 2 rings (SSSR count). The van der Waals surface area contributed by atoms with Crippen molar-refractivity contribution in [3.8, 4) is 0 Å². The summed E-state index contributed by atoms with van der Waals surface area (Å²) in [5.74, 6) is -0.317. The maximum absolute atomic E-state index is 12.6. The first kappa shape index (κ1) is 22.9. The van der Waals surface area contributed by atoms with Crippen LogP contribution in [0.4, 0.5) is 5.69 Å². The van der Waals surface area contributed by atoms with E-state index < -0.39 is 16.1 Å². The Bertz CT molecular complexity index is 779. The summed E-state index contributed by atoms with van der Waals surface area (Å²) in [6, 6.07) is 4.16. The van der Waals surface area contributed by atoms with Gasteiger partial charge in [0, 0.05) is 37.7 Å². The van der Waals surface area contributed by atoms with Crippen LogP contribution in [0.15, 0.2) is 18.2 Å². The van der Waals surface area contributed by atoms with E-state index in [2.05, 4.69) is 22.2 Å². The fraction of sp³-hybridized carbons (Fsp3) is 0.632. The first-order valence-electron chi connectivity index (χ1n) is 9.54. The molecule has 0 unspecified atom stereocenters. The normalized spacial score (nSPS) is 17.3. The molecule has 1 aliphatic heterocycles. The molecule has 0 radical (unpaired) electrons. The van der Waals surface area contributed by atoms with Gasteiger partial charge in [-0.15, -0.1) is 0 Å². The third-order valence-corrected chi connectivity index (χ3v) is 6.51. The SMILES string of the molecule is Cc1ccc(Cl)cc1N([C@H](C)C(=O)NCCCN1CCN(C)CC1)S(C)(=O)=O. The first-order valence-corrected chi connectivity index (χ1v) is 11.8. The molecule has 7 nitrogen and oxygen atoms in total. The van der Waals surface area contributed by atoms with Gasteiger partial charge in [-0.1, -0.05) is 17.7 Å². The number of sulfonamides is 1. The minimum absolute atomic E-state index is 0.317. The van der Waals surface area contributed by atoms with E-state index in [4.69, 9.17) is 11.6 Å². The van der Waals surface area contributed by atoms with Gasteiger partial charge >= 0.3 is 0 Å². The summed E-state index contributed by atoms with van der Waals surface area (Å²) >= 11 is 6.05. The van der Waals surface area contributed by atoms with Crippen molar-refractivity contribution in [1.82, 2.24) is 15.1 Å². The van der Waals surface area contributed by atoms with Crippen LogP contribution in [0, 0.1) is 6.92 Å². The second-order valence-corrected chi connectivity index (χ2v) is 9.75. The quantitative estimate of drug-likeness (QED) is 0.633. The van der Waals surface area contributed by atoms with Crippen LogP contribution in [0.25, 0.3) is 0 Å². The molecule has 158 valence electrons. The van der Waals surface area contributed by atoms with Gasteiger partial charge in [0.05, 0.1) is 11.9 Å². The second-order valence-electron chi connectivity index (χ2n) is 7.46. The van der Waals surface area contributed by atoms with Crippen molar-refractivity contribution >= 4 is 33.2 Å². The van der Waals surface area contributed by atoms with Crippen LogP contribution in [0.1, 0.15) is 18.9 Å². The zero-order valence-corrected chi connectivity index (χ0v) is 18.7. The number of likely N-dealkylation sites (N-methyl/N-ethyl adjacent to an activating group) is 1. The molecule has 1 aromatic carbocycles. The number of nitrogens with one attached hydrogen (secondary N) is 1. The molecule has 1 amide bonds. The molecule has 1 aliphatic rings. The highest BCUT2D eigenvalue weighted by Gasteiger charge is 2.30. The van der Waals surface area contributed by atoms with E-state index >= 15 is 0 Å². The zero-order chi connectivity index (χ0) is 20.9. The summed E-state index contributed by atoms with van der Waals surface area (Å²) in [4.78, 5) is 17.3. The number of hydrogen-bond donors (Lipinski definition) is 1. The van der Waals surface area contributed by atoms with E-state index in [1.54, 1.807) is 32.0 Å². The highest BCUT2D eigenvalue weighted by atomic mass is 35.5. The van der Waals surface area contributed by atoms with E-state index in [1.807, 2.05) is 0 Å². The smallest absolute Gasteiger partial charge is 0.243 e. The van der Waals surface area contributed by atoms with Crippen molar-refractivity contribution in [2.45, 2.75) is 26.3 Å². The lowest BCUT2D eigenvalue weighted by atomic mass is 10.1. The molecular formula is C19H31ClN4O3S. The molecule has 28 heavy (non-hydrogen) atoms. The molecule has 1 fully saturated rings. The lowest BCUT2D eigenvalue weighted by Gasteiger charge is -2.32. The standard InChI is InChI=1S/C19H31ClN4O3S/c1-15-6-7-17(20)14-18(15)24(28(4,26)27)16(2)19(25)21-8-5-9-23-12-10-22(3)11-13-23/h6-7,14,16H,5,8-13H2,1-4H3,(H,21,25)/t16-/m1/s1. The summed E-state index contributed by atoms with van der Waals surface area (Å²) in [6.45, 7) is 9.03. The van der Waals surface area contributed by atoms with Crippen LogP contribution in [-0.4, -0.2) is 82.7 Å². The molecule has 0 aliphatic carbocycles. The average molecular weight is 431 g/mol. The number of nitrogens with zero attached hydrogens (tertiary/aromatic N) is 3. The van der Waals surface area contributed by atoms with Gasteiger partial charge < -0.3 is 15.1 Å². The predicted molar refractivity (Wildman–Crippen MR) is 115 cm³/mol. The van der Waals surface area contributed by atoms with Crippen molar-refractivity contribution in [3.63, 3.8) is 0 Å². The van der Waals surface area contributed by atoms with Crippen molar-refractivity contribution in [1.29, 1.82) is 0 Å². The topological polar surface area (TPSA) is 73.0 Å². The number of piperazine rings is 1. The van der Waals surface area contributed by atoms with Crippen LogP contribution in [0.2, 0.25) is 5.02 Å². The van der Waals surface area contributed by atoms with E-state index in [1.165, 1.54) is 0 Å². The molecule has 1 aromatic rings. The van der Waals surface area contributed by atoms with Crippen molar-refractivity contribution in [2.24, 2.45) is 0 Å². The predicted octanol–water partition coefficient (Wildman–Crippen LogP) is 1.56. The minimum atomic E-state index is -3.65. The highest BCUT2D eigenvalue weighted by molar-refractivity contribution is 7.92. The van der Waals surface area contributed by atoms with Gasteiger partial charge in [-0.3, -0.25) is 9.10 Å². The monoisotopic (exact) mass is 430 g/mol. The van der Waals surface area contributed by atoms with Gasteiger partial charge in [0.15, 0.2) is 0 Å². The average Bonchev–Trinajstić information content (AvgIpc) is 2.62. The van der Waals surface area contributed by atoms with Gasteiger partial charge in [-0.25, -0.2) is 8.42 Å². The van der Waals surface area contributed by atoms with Gasteiger partial charge in [-0.2, -0.15) is 0 Å². The summed E-state index contributed by atoms with van der Waals surface area (Å²) < 4.78 is 25.9. The van der Waals surface area contributed by atoms with Crippen LogP contribution < -0.4 is 9.62 Å². The lowest BCUT2D eigenvalue weighted by molar-refractivity contribution is -0.121. The Balaban J connectivity index is 1.95. The number of aryl methyl sites for hydroxylation is 1. The fourth-order valence-corrected chi connectivity index (χ4v) is 4.72. The summed E-state index contributed by atoms with van der Waals surface area (Å²) in [7, 11) is -1.53. The van der Waals surface area contributed by atoms with E-state index in [0.29, 0.717) is 17.3 Å². The van der Waals surface area contributed by atoms with E-state index in [0.717, 1.165) is 55.3 Å². The summed E-state index contributed by atoms with van der Waals surface area (Å²) in [5, 5.41) is 3.30. The molecule has 9 heteroatoms. The Kier molecular flexibility index (Phi) is 8.12. The van der Waals surface area contributed by atoms with Crippen molar-refractivity contribution in [2.75, 3.05) is 56.9 Å². The van der Waals surface area contributed by atoms with E-state index in [-0.39, 0.29) is 5.91 Å². The lowest BCUT2D eigenvalue weighted by Crippen LogP contribution is -2.49. The molecular weight excluding hydrogens is 400 g/mol. The maximum Gasteiger partial charge on any atom is 0.243 e. The van der Waals surface area contributed by atoms with Crippen molar-refractivity contribution < 1.29 is 13.2 Å². The van der Waals surface area contributed by atoms with Crippen LogP contribution in [0.5, 0.6) is 0 Å². The molecule has 0 saturated carbocycles. The number of benzene rings is 1. The van der Waals surface area contributed by atoms with Crippen LogP contribution >= 0.6 is 11.6 Å². The maximum atomic E-state index is 12.6. The first-order chi connectivity index (χ1) is 13.1. The van der Waals surface area contributed by atoms with Gasteiger partial charge in [-0.05, 0) is 51.6 Å². The Morgan fingerprint density at radius 3 is 2.54 bits per heavy atom. The molecule has 0 aromatic heterocycles. The fourth-order valence-electron chi connectivity index (χ4n) is 3.33. The summed E-state index contributed by atoms with van der Waals surface area (Å²) in [5.41, 5.74) is 1.17. The Morgan fingerprint density at radius 1 is 1.29 bits per heavy atom. The number of amides is 1. The highest BCUT2D eigenvalue weighted by Crippen LogP contribution is 2.28. The Morgan fingerprint density at radius 2 is 1.93 bits per heavy atom. The van der Waals surface area contributed by atoms with Gasteiger partial charge in [0.25, 0.3) is 0 Å². The summed E-state index contributed by atoms with van der Waals surface area (Å²) in [6.07, 6.45) is 1.93. The Labute approximate surface area is 173 Å². The number of anilines is 1. The number of halogens is 1. The number of carbonyl (C=O) groups excluding carboxylic acids is 1. The zero-order valence-electron chi connectivity index (χ0n) is 17.1. The molecule has 0 bridgehead atoms.